The van der Waals surface area contributed by atoms with Crippen LogP contribution < -0.4 is 0 Å². The van der Waals surface area contributed by atoms with E-state index in [0.29, 0.717) is 0 Å². The highest BCUT2D eigenvalue weighted by Gasteiger charge is 1.97. The van der Waals surface area contributed by atoms with Crippen molar-refractivity contribution in [3.63, 3.8) is 0 Å². The standard InChI is InChI=1S/C11H14Br/c1-2-3-4-7-10-8-5-6-9-11(10)12/h5-6,9H,2-4,7H2,1H3. The maximum absolute atomic E-state index is 3.52. The van der Waals surface area contributed by atoms with E-state index in [1.807, 2.05) is 12.1 Å². The van der Waals surface area contributed by atoms with Crippen LogP contribution in [0.1, 0.15) is 31.7 Å². The quantitative estimate of drug-likeness (QED) is 0.681. The molecule has 0 fully saturated rings. The highest BCUT2D eigenvalue weighted by Crippen LogP contribution is 2.17. The first-order valence-corrected chi connectivity index (χ1v) is 5.29. The summed E-state index contributed by atoms with van der Waals surface area (Å²) in [6.07, 6.45) is 5.02. The molecule has 0 aliphatic heterocycles. The van der Waals surface area contributed by atoms with Crippen molar-refractivity contribution in [2.45, 2.75) is 32.6 Å². The second-order valence-electron chi connectivity index (χ2n) is 2.95. The molecule has 1 radical (unpaired) electrons. The molecule has 0 bridgehead atoms. The first-order chi connectivity index (χ1) is 5.84. The molecule has 0 nitrogen and oxygen atoms in total. The summed E-state index contributed by atoms with van der Waals surface area (Å²) in [5.41, 5.74) is 1.31. The van der Waals surface area contributed by atoms with Crippen molar-refractivity contribution in [2.24, 2.45) is 0 Å². The summed E-state index contributed by atoms with van der Waals surface area (Å²) in [5, 5.41) is 0. The Bertz CT molecular complexity index is 230. The van der Waals surface area contributed by atoms with Gasteiger partial charge in [0.25, 0.3) is 0 Å². The highest BCUT2D eigenvalue weighted by atomic mass is 79.9. The minimum Gasteiger partial charge on any atom is -0.0654 e. The number of aryl methyl sites for hydroxylation is 1. The lowest BCUT2D eigenvalue weighted by Crippen LogP contribution is -1.86. The van der Waals surface area contributed by atoms with Crippen molar-refractivity contribution in [1.29, 1.82) is 0 Å². The number of halogens is 1. The predicted octanol–water partition coefficient (Wildman–Crippen LogP) is 3.98. The lowest BCUT2D eigenvalue weighted by atomic mass is 10.1. The van der Waals surface area contributed by atoms with Crippen LogP contribution in [0.3, 0.4) is 0 Å². The smallest absolute Gasteiger partial charge is 0.0213 e. The molecule has 65 valence electrons. The zero-order valence-corrected chi connectivity index (χ0v) is 9.02. The van der Waals surface area contributed by atoms with Gasteiger partial charge in [-0.2, -0.15) is 0 Å². The summed E-state index contributed by atoms with van der Waals surface area (Å²) in [7, 11) is 0. The molecular formula is C11H14Br. The van der Waals surface area contributed by atoms with E-state index in [-0.39, 0.29) is 0 Å². The maximum atomic E-state index is 3.52. The molecule has 1 aromatic carbocycles. The number of hydrogen-bond acceptors (Lipinski definition) is 0. The van der Waals surface area contributed by atoms with Crippen molar-refractivity contribution in [3.05, 3.63) is 34.3 Å². The number of rotatable bonds is 4. The van der Waals surface area contributed by atoms with Gasteiger partial charge in [0.05, 0.1) is 0 Å². The summed E-state index contributed by atoms with van der Waals surface area (Å²) < 4.78 is 1.20. The van der Waals surface area contributed by atoms with Gasteiger partial charge >= 0.3 is 0 Å². The van der Waals surface area contributed by atoms with E-state index in [1.54, 1.807) is 0 Å². The molecule has 0 aliphatic carbocycles. The van der Waals surface area contributed by atoms with Crippen LogP contribution in [-0.2, 0) is 6.42 Å². The zero-order chi connectivity index (χ0) is 8.81. The third kappa shape index (κ3) is 2.98. The molecule has 0 heterocycles. The van der Waals surface area contributed by atoms with Crippen LogP contribution in [0.4, 0.5) is 0 Å². The van der Waals surface area contributed by atoms with E-state index in [1.165, 1.54) is 29.3 Å². The second kappa shape index (κ2) is 5.36. The van der Waals surface area contributed by atoms with Gasteiger partial charge in [-0.3, -0.25) is 0 Å². The average molecular weight is 226 g/mol. The minimum absolute atomic E-state index is 1.15. The van der Waals surface area contributed by atoms with Gasteiger partial charge in [0, 0.05) is 4.47 Å². The molecule has 0 spiro atoms. The largest absolute Gasteiger partial charge is 0.0654 e. The van der Waals surface area contributed by atoms with Crippen molar-refractivity contribution in [2.75, 3.05) is 0 Å². The molecule has 0 amide bonds. The summed E-state index contributed by atoms with van der Waals surface area (Å²) in [5.74, 6) is 0. The van der Waals surface area contributed by atoms with E-state index in [2.05, 4.69) is 35.0 Å². The molecule has 0 atom stereocenters. The van der Waals surface area contributed by atoms with Crippen LogP contribution in [0, 0.1) is 6.07 Å². The summed E-state index contributed by atoms with van der Waals surface area (Å²) >= 11 is 3.52. The van der Waals surface area contributed by atoms with Crippen LogP contribution >= 0.6 is 15.9 Å². The predicted molar refractivity (Wildman–Crippen MR) is 56.2 cm³/mol. The van der Waals surface area contributed by atoms with Crippen molar-refractivity contribution in [3.8, 4) is 0 Å². The van der Waals surface area contributed by atoms with Crippen LogP contribution in [-0.4, -0.2) is 0 Å². The maximum Gasteiger partial charge on any atom is 0.0213 e. The normalized spacial score (nSPS) is 10.2. The molecule has 0 saturated carbocycles. The number of hydrogen-bond donors (Lipinski definition) is 0. The topological polar surface area (TPSA) is 0 Å². The molecule has 1 aromatic rings. The van der Waals surface area contributed by atoms with Gasteiger partial charge in [-0.05, 0) is 30.5 Å². The fourth-order valence-electron chi connectivity index (χ4n) is 1.19. The Morgan fingerprint density at radius 3 is 2.92 bits per heavy atom. The summed E-state index contributed by atoms with van der Waals surface area (Å²) in [6.45, 7) is 2.23. The van der Waals surface area contributed by atoms with E-state index >= 15 is 0 Å². The van der Waals surface area contributed by atoms with Gasteiger partial charge in [0.2, 0.25) is 0 Å². The SMILES string of the molecule is CCCCCc1[c]cccc1Br. The average Bonchev–Trinajstić information content (AvgIpc) is 2.09. The Morgan fingerprint density at radius 2 is 2.25 bits per heavy atom. The molecular weight excluding hydrogens is 212 g/mol. The van der Waals surface area contributed by atoms with Crippen molar-refractivity contribution >= 4 is 15.9 Å². The Labute approximate surface area is 83.1 Å². The molecule has 1 rings (SSSR count). The van der Waals surface area contributed by atoms with E-state index < -0.39 is 0 Å². The van der Waals surface area contributed by atoms with E-state index in [0.717, 1.165) is 6.42 Å². The molecule has 0 unspecified atom stereocenters. The highest BCUT2D eigenvalue weighted by molar-refractivity contribution is 9.10. The van der Waals surface area contributed by atoms with Gasteiger partial charge in [0.15, 0.2) is 0 Å². The van der Waals surface area contributed by atoms with Crippen LogP contribution in [0.2, 0.25) is 0 Å². The van der Waals surface area contributed by atoms with Crippen LogP contribution in [0.15, 0.2) is 22.7 Å². The second-order valence-corrected chi connectivity index (χ2v) is 3.81. The molecule has 1 heteroatoms. The lowest BCUT2D eigenvalue weighted by Gasteiger charge is -2.01. The fraction of sp³-hybridized carbons (Fsp3) is 0.455. The third-order valence-corrected chi connectivity index (χ3v) is 2.66. The Morgan fingerprint density at radius 1 is 1.42 bits per heavy atom. The van der Waals surface area contributed by atoms with E-state index in [4.69, 9.17) is 0 Å². The fourth-order valence-corrected chi connectivity index (χ4v) is 1.66. The zero-order valence-electron chi connectivity index (χ0n) is 7.44. The van der Waals surface area contributed by atoms with Gasteiger partial charge in [-0.15, -0.1) is 0 Å². The summed E-state index contributed by atoms with van der Waals surface area (Å²) in [6, 6.07) is 9.32. The van der Waals surface area contributed by atoms with Crippen molar-refractivity contribution in [1.82, 2.24) is 0 Å². The van der Waals surface area contributed by atoms with Crippen molar-refractivity contribution < 1.29 is 0 Å². The molecule has 0 aromatic heterocycles. The van der Waals surface area contributed by atoms with Crippen LogP contribution in [0.25, 0.3) is 0 Å². The van der Waals surface area contributed by atoms with Gasteiger partial charge in [0.1, 0.15) is 0 Å². The van der Waals surface area contributed by atoms with Gasteiger partial charge < -0.3 is 0 Å². The Hall–Kier alpha value is -0.300. The first-order valence-electron chi connectivity index (χ1n) is 4.49. The Kier molecular flexibility index (Phi) is 4.37. The van der Waals surface area contributed by atoms with E-state index in [9.17, 15) is 0 Å². The molecule has 0 saturated heterocycles. The Balaban J connectivity index is 2.46. The summed E-state index contributed by atoms with van der Waals surface area (Å²) in [4.78, 5) is 0. The van der Waals surface area contributed by atoms with Gasteiger partial charge in [-0.1, -0.05) is 47.8 Å². The first kappa shape index (κ1) is 9.79. The van der Waals surface area contributed by atoms with Gasteiger partial charge in [-0.25, -0.2) is 0 Å². The molecule has 0 aliphatic rings. The number of benzene rings is 1. The van der Waals surface area contributed by atoms with Crippen LogP contribution in [0.5, 0.6) is 0 Å². The monoisotopic (exact) mass is 225 g/mol. The third-order valence-electron chi connectivity index (χ3n) is 1.91. The molecule has 0 N–H and O–H groups in total. The minimum atomic E-state index is 1.15. The lowest BCUT2D eigenvalue weighted by molar-refractivity contribution is 0.716. The number of unbranched alkanes of at least 4 members (excludes halogenated alkanes) is 2. The molecule has 12 heavy (non-hydrogen) atoms.